The molecule has 0 aromatic carbocycles. The topological polar surface area (TPSA) is 0 Å². The Kier molecular flexibility index (Phi) is 1.98. The van der Waals surface area contributed by atoms with Gasteiger partial charge in [0.2, 0.25) is 0 Å². The van der Waals surface area contributed by atoms with E-state index in [4.69, 9.17) is 0 Å². The predicted octanol–water partition coefficient (Wildman–Crippen LogP) is 4.11. The van der Waals surface area contributed by atoms with Gasteiger partial charge in [0.15, 0.2) is 0 Å². The van der Waals surface area contributed by atoms with E-state index in [9.17, 15) is 0 Å². The maximum Gasteiger partial charge on any atom is 0.00802 e. The van der Waals surface area contributed by atoms with Crippen molar-refractivity contribution in [3.05, 3.63) is 21.4 Å². The maximum atomic E-state index is 2.43. The molecule has 1 spiro atoms. The Morgan fingerprint density at radius 1 is 1.14 bits per heavy atom. The third-order valence-electron chi connectivity index (χ3n) is 4.24. The van der Waals surface area contributed by atoms with Crippen molar-refractivity contribution in [2.75, 3.05) is 0 Å². The van der Waals surface area contributed by atoms with Gasteiger partial charge < -0.3 is 0 Å². The van der Waals surface area contributed by atoms with Crippen LogP contribution < -0.4 is 0 Å². The fourth-order valence-electron chi connectivity index (χ4n) is 3.12. The molecule has 0 unspecified atom stereocenters. The van der Waals surface area contributed by atoms with Gasteiger partial charge in [0.25, 0.3) is 0 Å². The monoisotopic (exact) mass is 206 g/mol. The third kappa shape index (κ3) is 1.33. The highest BCUT2D eigenvalue weighted by Gasteiger charge is 2.37. The zero-order chi connectivity index (χ0) is 9.60. The molecule has 0 radical (unpaired) electrons. The summed E-state index contributed by atoms with van der Waals surface area (Å²) in [6.07, 6.45) is 10.2. The summed E-state index contributed by atoms with van der Waals surface area (Å²) in [5.41, 5.74) is 2.46. The Morgan fingerprint density at radius 2 is 1.93 bits per heavy atom. The maximum absolute atomic E-state index is 2.43. The molecule has 0 saturated heterocycles. The van der Waals surface area contributed by atoms with E-state index >= 15 is 0 Å². The van der Waals surface area contributed by atoms with Gasteiger partial charge in [-0.15, -0.1) is 11.3 Å². The Hall–Kier alpha value is -0.300. The molecule has 14 heavy (non-hydrogen) atoms. The zero-order valence-corrected chi connectivity index (χ0v) is 9.75. The summed E-state index contributed by atoms with van der Waals surface area (Å²) in [7, 11) is 0. The van der Waals surface area contributed by atoms with Gasteiger partial charge in [0.05, 0.1) is 0 Å². The third-order valence-corrected chi connectivity index (χ3v) is 5.39. The van der Waals surface area contributed by atoms with Crippen molar-refractivity contribution in [2.24, 2.45) is 5.41 Å². The molecule has 1 fully saturated rings. The van der Waals surface area contributed by atoms with Crippen molar-refractivity contribution in [1.29, 1.82) is 0 Å². The van der Waals surface area contributed by atoms with Gasteiger partial charge in [-0.3, -0.25) is 0 Å². The molecule has 1 heteroatoms. The number of rotatable bonds is 0. The Balaban J connectivity index is 1.84. The van der Waals surface area contributed by atoms with Crippen molar-refractivity contribution in [1.82, 2.24) is 0 Å². The van der Waals surface area contributed by atoms with Crippen LogP contribution in [0.15, 0.2) is 6.07 Å². The average Bonchev–Trinajstić information content (AvgIpc) is 2.35. The molecule has 1 saturated carbocycles. The first-order valence-corrected chi connectivity index (χ1v) is 6.67. The van der Waals surface area contributed by atoms with E-state index in [1.54, 1.807) is 10.4 Å². The lowest BCUT2D eigenvalue weighted by Gasteiger charge is -2.41. The summed E-state index contributed by atoms with van der Waals surface area (Å²) in [5, 5.41) is 0. The molecule has 0 atom stereocenters. The van der Waals surface area contributed by atoms with Gasteiger partial charge in [0.1, 0.15) is 0 Å². The second-order valence-electron chi connectivity index (χ2n) is 5.16. The number of hydrogen-bond acceptors (Lipinski definition) is 1. The fraction of sp³-hybridized carbons (Fsp3) is 0.692. The second-order valence-corrected chi connectivity index (χ2v) is 6.50. The first-order valence-electron chi connectivity index (χ1n) is 5.86. The van der Waals surface area contributed by atoms with Crippen molar-refractivity contribution in [3.63, 3.8) is 0 Å². The van der Waals surface area contributed by atoms with Crippen LogP contribution in [0, 0.1) is 12.3 Å². The molecule has 1 aromatic heterocycles. The highest BCUT2D eigenvalue weighted by atomic mass is 32.1. The highest BCUT2D eigenvalue weighted by molar-refractivity contribution is 7.12. The molecule has 0 bridgehead atoms. The quantitative estimate of drug-likeness (QED) is 0.599. The minimum Gasteiger partial charge on any atom is -0.145 e. The molecule has 2 aliphatic rings. The van der Waals surface area contributed by atoms with Crippen LogP contribution in [0.25, 0.3) is 0 Å². The van der Waals surface area contributed by atoms with E-state index in [1.165, 1.54) is 49.8 Å². The SMILES string of the molecule is Cc1cc2c(s1)CCC1(CCC1)CC2. The molecule has 2 aliphatic carbocycles. The van der Waals surface area contributed by atoms with Gasteiger partial charge in [0, 0.05) is 9.75 Å². The molecule has 0 amide bonds. The molecule has 76 valence electrons. The lowest BCUT2D eigenvalue weighted by atomic mass is 9.64. The average molecular weight is 206 g/mol. The standard InChI is InChI=1S/C13H18S/c1-10-9-11-3-7-13(5-2-6-13)8-4-12(11)14-10/h9H,2-8H2,1H3. The lowest BCUT2D eigenvalue weighted by Crippen LogP contribution is -2.29. The summed E-state index contributed by atoms with van der Waals surface area (Å²) in [6, 6.07) is 2.43. The van der Waals surface area contributed by atoms with Crippen LogP contribution in [0.1, 0.15) is 47.4 Å². The van der Waals surface area contributed by atoms with Crippen LogP contribution in [-0.4, -0.2) is 0 Å². The molecular weight excluding hydrogens is 188 g/mol. The zero-order valence-electron chi connectivity index (χ0n) is 8.94. The summed E-state index contributed by atoms with van der Waals surface area (Å²) in [4.78, 5) is 3.21. The minimum atomic E-state index is 0.784. The van der Waals surface area contributed by atoms with E-state index in [0.29, 0.717) is 0 Å². The summed E-state index contributed by atoms with van der Waals surface area (Å²) in [6.45, 7) is 2.25. The van der Waals surface area contributed by atoms with Crippen LogP contribution in [0.3, 0.4) is 0 Å². The van der Waals surface area contributed by atoms with Crippen LogP contribution in [0.5, 0.6) is 0 Å². The van der Waals surface area contributed by atoms with Crippen LogP contribution in [-0.2, 0) is 12.8 Å². The molecular formula is C13H18S. The Morgan fingerprint density at radius 3 is 2.64 bits per heavy atom. The summed E-state index contributed by atoms with van der Waals surface area (Å²) < 4.78 is 0. The normalized spacial score (nSPS) is 24.1. The van der Waals surface area contributed by atoms with Crippen molar-refractivity contribution < 1.29 is 0 Å². The van der Waals surface area contributed by atoms with Crippen LogP contribution >= 0.6 is 11.3 Å². The number of thiophene rings is 1. The largest absolute Gasteiger partial charge is 0.145 e. The van der Waals surface area contributed by atoms with Crippen molar-refractivity contribution >= 4 is 11.3 Å². The molecule has 1 aromatic rings. The molecule has 3 rings (SSSR count). The highest BCUT2D eigenvalue weighted by Crippen LogP contribution is 2.50. The van der Waals surface area contributed by atoms with Crippen LogP contribution in [0.2, 0.25) is 0 Å². The van der Waals surface area contributed by atoms with Crippen LogP contribution in [0.4, 0.5) is 0 Å². The second kappa shape index (κ2) is 3.10. The van der Waals surface area contributed by atoms with Gasteiger partial charge in [-0.25, -0.2) is 0 Å². The first kappa shape index (κ1) is 8.96. The van der Waals surface area contributed by atoms with Gasteiger partial charge in [-0.1, -0.05) is 6.42 Å². The van der Waals surface area contributed by atoms with Gasteiger partial charge in [-0.05, 0) is 62.5 Å². The van der Waals surface area contributed by atoms with E-state index in [-0.39, 0.29) is 0 Å². The van der Waals surface area contributed by atoms with Gasteiger partial charge in [-0.2, -0.15) is 0 Å². The number of hydrogen-bond donors (Lipinski definition) is 0. The summed E-state index contributed by atoms with van der Waals surface area (Å²) in [5.74, 6) is 0. The number of aryl methyl sites for hydroxylation is 3. The molecule has 0 N–H and O–H groups in total. The van der Waals surface area contributed by atoms with Crippen molar-refractivity contribution in [2.45, 2.75) is 51.9 Å². The molecule has 0 nitrogen and oxygen atoms in total. The van der Waals surface area contributed by atoms with E-state index in [2.05, 4.69) is 13.0 Å². The summed E-state index contributed by atoms with van der Waals surface area (Å²) >= 11 is 2.04. The van der Waals surface area contributed by atoms with E-state index in [0.717, 1.165) is 5.41 Å². The van der Waals surface area contributed by atoms with Crippen molar-refractivity contribution in [3.8, 4) is 0 Å². The molecule has 0 aliphatic heterocycles. The fourth-order valence-corrected chi connectivity index (χ4v) is 4.20. The first-order chi connectivity index (χ1) is 6.77. The molecule has 1 heterocycles. The minimum absolute atomic E-state index is 0.784. The Labute approximate surface area is 90.3 Å². The van der Waals surface area contributed by atoms with E-state index in [1.807, 2.05) is 11.3 Å². The number of fused-ring (bicyclic) bond motifs is 1. The predicted molar refractivity (Wildman–Crippen MR) is 62.0 cm³/mol. The lowest BCUT2D eigenvalue weighted by molar-refractivity contribution is 0.111. The Bertz CT molecular complexity index is 317. The smallest absolute Gasteiger partial charge is 0.00802 e. The van der Waals surface area contributed by atoms with Gasteiger partial charge >= 0.3 is 0 Å². The van der Waals surface area contributed by atoms with E-state index < -0.39 is 0 Å².